The second-order valence-corrected chi connectivity index (χ2v) is 6.77. The lowest BCUT2D eigenvalue weighted by molar-refractivity contribution is 0.0524. The summed E-state index contributed by atoms with van der Waals surface area (Å²) in [5.41, 5.74) is 6.28. The van der Waals surface area contributed by atoms with E-state index < -0.39 is 11.7 Å². The fraction of sp³-hybridized carbons (Fsp3) is 0.533. The van der Waals surface area contributed by atoms with E-state index in [4.69, 9.17) is 38.4 Å². The van der Waals surface area contributed by atoms with Crippen molar-refractivity contribution >= 4 is 29.3 Å². The van der Waals surface area contributed by atoms with Crippen molar-refractivity contribution in [3.63, 3.8) is 0 Å². The highest BCUT2D eigenvalue weighted by Crippen LogP contribution is 2.32. The summed E-state index contributed by atoms with van der Waals surface area (Å²) in [6.07, 6.45) is -0.0433. The molecule has 5 nitrogen and oxygen atoms in total. The third kappa shape index (κ3) is 6.30. The van der Waals surface area contributed by atoms with Crippen molar-refractivity contribution in [1.82, 2.24) is 5.32 Å². The van der Waals surface area contributed by atoms with E-state index in [9.17, 15) is 4.79 Å². The number of halogens is 2. The topological polar surface area (TPSA) is 73.6 Å². The van der Waals surface area contributed by atoms with Gasteiger partial charge in [-0.15, -0.1) is 0 Å². The van der Waals surface area contributed by atoms with Crippen molar-refractivity contribution in [1.29, 1.82) is 0 Å². The molecule has 1 aromatic rings. The van der Waals surface area contributed by atoms with Gasteiger partial charge in [-0.05, 0) is 44.9 Å². The van der Waals surface area contributed by atoms with Gasteiger partial charge in [-0.1, -0.05) is 23.2 Å². The van der Waals surface area contributed by atoms with E-state index in [0.717, 1.165) is 5.56 Å². The van der Waals surface area contributed by atoms with Gasteiger partial charge in [0.1, 0.15) is 11.4 Å². The highest BCUT2D eigenvalue weighted by Gasteiger charge is 2.18. The maximum Gasteiger partial charge on any atom is 0.407 e. The minimum Gasteiger partial charge on any atom is -0.495 e. The van der Waals surface area contributed by atoms with Crippen molar-refractivity contribution < 1.29 is 14.3 Å². The van der Waals surface area contributed by atoms with Crippen LogP contribution >= 0.6 is 23.2 Å². The van der Waals surface area contributed by atoms with Crippen LogP contribution < -0.4 is 15.8 Å². The molecule has 22 heavy (non-hydrogen) atoms. The number of methoxy groups -OCH3 is 1. The van der Waals surface area contributed by atoms with Crippen LogP contribution in [-0.2, 0) is 11.2 Å². The van der Waals surface area contributed by atoms with E-state index in [2.05, 4.69) is 5.32 Å². The molecule has 0 saturated carbocycles. The first-order valence-corrected chi connectivity index (χ1v) is 7.62. The van der Waals surface area contributed by atoms with Crippen molar-refractivity contribution in [2.45, 2.75) is 38.8 Å². The Labute approximate surface area is 141 Å². The molecule has 0 bridgehead atoms. The zero-order chi connectivity index (χ0) is 16.9. The van der Waals surface area contributed by atoms with E-state index in [1.165, 1.54) is 7.11 Å². The molecule has 1 atom stereocenters. The van der Waals surface area contributed by atoms with Crippen LogP contribution in [0.25, 0.3) is 0 Å². The van der Waals surface area contributed by atoms with Crippen LogP contribution in [0.5, 0.6) is 5.75 Å². The average Bonchev–Trinajstić information content (AvgIpc) is 2.34. The van der Waals surface area contributed by atoms with Crippen LogP contribution in [0.1, 0.15) is 26.3 Å². The quantitative estimate of drug-likeness (QED) is 0.855. The summed E-state index contributed by atoms with van der Waals surface area (Å²) < 4.78 is 10.4. The van der Waals surface area contributed by atoms with Gasteiger partial charge >= 0.3 is 6.09 Å². The summed E-state index contributed by atoms with van der Waals surface area (Å²) in [7, 11) is 1.53. The third-order valence-electron chi connectivity index (χ3n) is 2.68. The van der Waals surface area contributed by atoms with Gasteiger partial charge in [-0.25, -0.2) is 4.79 Å². The number of carbonyl (C=O) groups is 1. The summed E-state index contributed by atoms with van der Waals surface area (Å²) in [6, 6.07) is 3.03. The Bertz CT molecular complexity index is 530. The molecule has 0 aliphatic rings. The Hall–Kier alpha value is -1.17. The number of hydrogen-bond donors (Lipinski definition) is 2. The molecular weight excluding hydrogens is 327 g/mol. The number of benzene rings is 1. The van der Waals surface area contributed by atoms with Crippen molar-refractivity contribution in [2.75, 3.05) is 13.7 Å². The first-order valence-electron chi connectivity index (χ1n) is 6.86. The number of nitrogens with two attached hydrogens (primary N) is 1. The lowest BCUT2D eigenvalue weighted by atomic mass is 10.1. The molecule has 0 heterocycles. The summed E-state index contributed by atoms with van der Waals surface area (Å²) in [6.45, 7) is 5.66. The largest absolute Gasteiger partial charge is 0.495 e. The van der Waals surface area contributed by atoms with Crippen LogP contribution in [0.3, 0.4) is 0 Å². The van der Waals surface area contributed by atoms with E-state index >= 15 is 0 Å². The standard InChI is InChI=1S/C15H22Cl2N2O3/c1-15(2,3)22-14(20)19-8-11(18)6-9-5-10(16)7-12(17)13(9)21-4/h5,7,11H,6,8,18H2,1-4H3,(H,19,20). The van der Waals surface area contributed by atoms with Crippen LogP contribution in [-0.4, -0.2) is 31.4 Å². The van der Waals surface area contributed by atoms with Gasteiger partial charge in [0, 0.05) is 17.6 Å². The highest BCUT2D eigenvalue weighted by atomic mass is 35.5. The van der Waals surface area contributed by atoms with Gasteiger partial charge in [0.25, 0.3) is 0 Å². The van der Waals surface area contributed by atoms with Gasteiger partial charge in [-0.2, -0.15) is 0 Å². The fourth-order valence-corrected chi connectivity index (χ4v) is 2.49. The first-order chi connectivity index (χ1) is 10.1. The monoisotopic (exact) mass is 348 g/mol. The van der Waals surface area contributed by atoms with Gasteiger partial charge in [0.2, 0.25) is 0 Å². The summed E-state index contributed by atoms with van der Waals surface area (Å²) in [5.74, 6) is 0.541. The molecule has 1 aromatic carbocycles. The number of rotatable bonds is 5. The molecule has 0 spiro atoms. The SMILES string of the molecule is COc1c(Cl)cc(Cl)cc1CC(N)CNC(=O)OC(C)(C)C. The van der Waals surface area contributed by atoms with Crippen LogP contribution in [0.15, 0.2) is 12.1 Å². The lowest BCUT2D eigenvalue weighted by Crippen LogP contribution is -2.41. The van der Waals surface area contributed by atoms with Crippen molar-refractivity contribution in [3.8, 4) is 5.75 Å². The highest BCUT2D eigenvalue weighted by molar-refractivity contribution is 6.35. The van der Waals surface area contributed by atoms with Crippen LogP contribution in [0.4, 0.5) is 4.79 Å². The summed E-state index contributed by atoms with van der Waals surface area (Å²) in [5, 5.41) is 3.57. The number of amides is 1. The molecule has 1 rings (SSSR count). The van der Waals surface area contributed by atoms with Crippen LogP contribution in [0, 0.1) is 0 Å². The fourth-order valence-electron chi connectivity index (χ4n) is 1.88. The van der Waals surface area contributed by atoms with E-state index in [1.807, 2.05) is 0 Å². The molecular formula is C15H22Cl2N2O3. The Kier molecular flexibility index (Phi) is 6.78. The molecule has 0 aliphatic carbocycles. The molecule has 0 aromatic heterocycles. The average molecular weight is 349 g/mol. The minimum absolute atomic E-state index is 0.266. The molecule has 3 N–H and O–H groups in total. The van der Waals surface area contributed by atoms with E-state index in [1.54, 1.807) is 32.9 Å². The Morgan fingerprint density at radius 2 is 2.00 bits per heavy atom. The summed E-state index contributed by atoms with van der Waals surface area (Å²) >= 11 is 12.1. The van der Waals surface area contributed by atoms with Crippen molar-refractivity contribution in [2.24, 2.45) is 5.73 Å². The molecule has 1 amide bonds. The molecule has 0 saturated heterocycles. The predicted molar refractivity (Wildman–Crippen MR) is 88.9 cm³/mol. The third-order valence-corrected chi connectivity index (χ3v) is 3.18. The molecule has 7 heteroatoms. The number of hydrogen-bond acceptors (Lipinski definition) is 4. The number of carbonyl (C=O) groups excluding carboxylic acids is 1. The summed E-state index contributed by atoms with van der Waals surface area (Å²) in [4.78, 5) is 11.6. The van der Waals surface area contributed by atoms with Crippen LogP contribution in [0.2, 0.25) is 10.0 Å². The second-order valence-electron chi connectivity index (χ2n) is 5.93. The Morgan fingerprint density at radius 1 is 1.36 bits per heavy atom. The van der Waals surface area contributed by atoms with Gasteiger partial charge in [0.05, 0.1) is 12.1 Å². The Balaban J connectivity index is 2.62. The zero-order valence-corrected chi connectivity index (χ0v) is 14.7. The predicted octanol–water partition coefficient (Wildman–Crippen LogP) is 3.40. The smallest absolute Gasteiger partial charge is 0.407 e. The zero-order valence-electron chi connectivity index (χ0n) is 13.2. The number of ether oxygens (including phenoxy) is 2. The van der Waals surface area contributed by atoms with Gasteiger partial charge in [-0.3, -0.25) is 0 Å². The minimum atomic E-state index is -0.544. The molecule has 0 radical (unpaired) electrons. The number of alkyl carbamates (subject to hydrolysis) is 1. The molecule has 124 valence electrons. The first kappa shape index (κ1) is 18.9. The maximum atomic E-state index is 11.6. The molecule has 0 fully saturated rings. The van der Waals surface area contributed by atoms with Gasteiger partial charge < -0.3 is 20.5 Å². The Morgan fingerprint density at radius 3 is 2.55 bits per heavy atom. The van der Waals surface area contributed by atoms with Crippen molar-refractivity contribution in [3.05, 3.63) is 27.7 Å². The second kappa shape index (κ2) is 7.90. The number of nitrogens with one attached hydrogen (secondary N) is 1. The molecule has 1 unspecified atom stereocenters. The lowest BCUT2D eigenvalue weighted by Gasteiger charge is -2.21. The van der Waals surface area contributed by atoms with E-state index in [-0.39, 0.29) is 12.6 Å². The maximum absolute atomic E-state index is 11.6. The van der Waals surface area contributed by atoms with Gasteiger partial charge in [0.15, 0.2) is 0 Å². The molecule has 0 aliphatic heterocycles. The van der Waals surface area contributed by atoms with E-state index in [0.29, 0.717) is 22.2 Å². The normalized spacial score (nSPS) is 12.7.